The second-order valence-electron chi connectivity index (χ2n) is 5.98. The number of hydrogen-bond donors (Lipinski definition) is 1. The van der Waals surface area contributed by atoms with E-state index in [0.29, 0.717) is 25.1 Å². The lowest BCUT2D eigenvalue weighted by Crippen LogP contribution is -2.43. The van der Waals surface area contributed by atoms with Gasteiger partial charge in [0.05, 0.1) is 18.3 Å². The Balaban J connectivity index is 1.63. The molecule has 2 amide bonds. The first kappa shape index (κ1) is 16.2. The van der Waals surface area contributed by atoms with Crippen molar-refractivity contribution in [3.8, 4) is 0 Å². The molecule has 0 spiro atoms. The third kappa shape index (κ3) is 3.64. The fraction of sp³-hybridized carbons (Fsp3) is 0.389. The minimum Gasteiger partial charge on any atom is -0.330 e. The van der Waals surface area contributed by atoms with Gasteiger partial charge in [-0.15, -0.1) is 0 Å². The van der Waals surface area contributed by atoms with Crippen molar-refractivity contribution < 1.29 is 9.59 Å². The van der Waals surface area contributed by atoms with E-state index in [1.807, 2.05) is 37.3 Å². The molecule has 6 heteroatoms. The Labute approximate surface area is 141 Å². The van der Waals surface area contributed by atoms with Crippen LogP contribution < -0.4 is 5.32 Å². The Morgan fingerprint density at radius 3 is 2.79 bits per heavy atom. The first-order valence-electron chi connectivity index (χ1n) is 8.34. The lowest BCUT2D eigenvalue weighted by molar-refractivity contribution is -0.136. The number of aromatic nitrogens is 2. The van der Waals surface area contributed by atoms with Crippen LogP contribution in [-0.4, -0.2) is 39.1 Å². The van der Waals surface area contributed by atoms with Crippen molar-refractivity contribution in [1.82, 2.24) is 14.7 Å². The number of nitrogens with zero attached hydrogens (tertiary/aromatic N) is 3. The van der Waals surface area contributed by atoms with Crippen LogP contribution in [0, 0.1) is 0 Å². The molecular formula is C18H22N4O2. The number of benzene rings is 1. The third-order valence-electron chi connectivity index (χ3n) is 4.30. The molecule has 0 radical (unpaired) electrons. The van der Waals surface area contributed by atoms with Crippen LogP contribution in [0.4, 0.5) is 5.69 Å². The first-order valence-corrected chi connectivity index (χ1v) is 8.34. The van der Waals surface area contributed by atoms with Crippen LogP contribution in [0.15, 0.2) is 42.7 Å². The quantitative estimate of drug-likeness (QED) is 0.915. The zero-order chi connectivity index (χ0) is 16.9. The van der Waals surface area contributed by atoms with Gasteiger partial charge in [0, 0.05) is 19.3 Å². The molecule has 24 heavy (non-hydrogen) atoms. The summed E-state index contributed by atoms with van der Waals surface area (Å²) in [6, 6.07) is 9.23. The number of amides is 2. The van der Waals surface area contributed by atoms with Gasteiger partial charge in [0.25, 0.3) is 0 Å². The van der Waals surface area contributed by atoms with Crippen LogP contribution in [0.5, 0.6) is 0 Å². The van der Waals surface area contributed by atoms with Crippen LogP contribution in [0.2, 0.25) is 0 Å². The van der Waals surface area contributed by atoms with Crippen LogP contribution in [0.3, 0.4) is 0 Å². The summed E-state index contributed by atoms with van der Waals surface area (Å²) < 4.78 is 1.75. The zero-order valence-electron chi connectivity index (χ0n) is 13.8. The maximum atomic E-state index is 12.6. The largest absolute Gasteiger partial charge is 0.330 e. The molecule has 2 aromatic rings. The van der Waals surface area contributed by atoms with Crippen LogP contribution in [-0.2, 0) is 22.6 Å². The molecule has 1 fully saturated rings. The zero-order valence-corrected chi connectivity index (χ0v) is 13.8. The van der Waals surface area contributed by atoms with Gasteiger partial charge < -0.3 is 10.2 Å². The SMILES string of the molecule is CCn1cc(NC(=O)C2CCCN2C(=O)Cc2ccccc2)cn1. The van der Waals surface area contributed by atoms with E-state index in [1.54, 1.807) is 22.0 Å². The third-order valence-corrected chi connectivity index (χ3v) is 4.30. The highest BCUT2D eigenvalue weighted by Gasteiger charge is 2.34. The number of carbonyl (C=O) groups is 2. The highest BCUT2D eigenvalue weighted by molar-refractivity contribution is 5.97. The average molecular weight is 326 g/mol. The van der Waals surface area contributed by atoms with Gasteiger partial charge >= 0.3 is 0 Å². The van der Waals surface area contributed by atoms with Crippen LogP contribution in [0.25, 0.3) is 0 Å². The summed E-state index contributed by atoms with van der Waals surface area (Å²) in [4.78, 5) is 26.8. The highest BCUT2D eigenvalue weighted by atomic mass is 16.2. The van der Waals surface area contributed by atoms with Gasteiger partial charge in [0.2, 0.25) is 11.8 Å². The Hall–Kier alpha value is -2.63. The van der Waals surface area contributed by atoms with E-state index < -0.39 is 6.04 Å². The molecule has 3 rings (SSSR count). The number of aryl methyl sites for hydroxylation is 1. The first-order chi connectivity index (χ1) is 11.7. The maximum absolute atomic E-state index is 12.6. The smallest absolute Gasteiger partial charge is 0.247 e. The summed E-state index contributed by atoms with van der Waals surface area (Å²) in [6.07, 6.45) is 5.31. The molecule has 6 nitrogen and oxygen atoms in total. The molecule has 2 heterocycles. The van der Waals surface area contributed by atoms with Gasteiger partial charge in [0.1, 0.15) is 6.04 Å². The molecule has 126 valence electrons. The van der Waals surface area contributed by atoms with Crippen molar-refractivity contribution in [2.75, 3.05) is 11.9 Å². The van der Waals surface area contributed by atoms with Crippen LogP contribution in [0.1, 0.15) is 25.3 Å². The predicted octanol–water partition coefficient (Wildman–Crippen LogP) is 2.08. The van der Waals surface area contributed by atoms with E-state index >= 15 is 0 Å². The Morgan fingerprint density at radius 2 is 2.08 bits per heavy atom. The second kappa shape index (κ2) is 7.29. The molecule has 1 aromatic carbocycles. The molecule has 1 aliphatic heterocycles. The summed E-state index contributed by atoms with van der Waals surface area (Å²) in [6.45, 7) is 3.37. The lowest BCUT2D eigenvalue weighted by atomic mass is 10.1. The van der Waals surface area contributed by atoms with Gasteiger partial charge in [-0.1, -0.05) is 30.3 Å². The topological polar surface area (TPSA) is 67.2 Å². The molecule has 0 bridgehead atoms. The Morgan fingerprint density at radius 1 is 1.29 bits per heavy atom. The number of hydrogen-bond acceptors (Lipinski definition) is 3. The van der Waals surface area contributed by atoms with Gasteiger partial charge in [-0.2, -0.15) is 5.10 Å². The predicted molar refractivity (Wildman–Crippen MR) is 91.4 cm³/mol. The van der Waals surface area contributed by atoms with Gasteiger partial charge in [-0.3, -0.25) is 14.3 Å². The number of anilines is 1. The van der Waals surface area contributed by atoms with E-state index in [9.17, 15) is 9.59 Å². The van der Waals surface area contributed by atoms with E-state index in [2.05, 4.69) is 10.4 Å². The molecule has 0 saturated carbocycles. The van der Waals surface area contributed by atoms with Gasteiger partial charge in [0.15, 0.2) is 0 Å². The lowest BCUT2D eigenvalue weighted by Gasteiger charge is -2.23. The standard InChI is InChI=1S/C18H22N4O2/c1-2-21-13-15(12-19-21)20-18(24)16-9-6-10-22(16)17(23)11-14-7-4-3-5-8-14/h3-5,7-8,12-13,16H,2,6,9-11H2,1H3,(H,20,24). The summed E-state index contributed by atoms with van der Waals surface area (Å²) in [5.74, 6) is -0.132. The van der Waals surface area contributed by atoms with Gasteiger partial charge in [-0.25, -0.2) is 0 Å². The van der Waals surface area contributed by atoms with Crippen molar-refractivity contribution in [1.29, 1.82) is 0 Å². The molecule has 1 saturated heterocycles. The Kier molecular flexibility index (Phi) is 4.93. The normalized spacial score (nSPS) is 17.0. The van der Waals surface area contributed by atoms with E-state index in [-0.39, 0.29) is 11.8 Å². The summed E-state index contributed by atoms with van der Waals surface area (Å²) >= 11 is 0. The fourth-order valence-corrected chi connectivity index (χ4v) is 3.04. The second-order valence-corrected chi connectivity index (χ2v) is 5.98. The number of carbonyl (C=O) groups excluding carboxylic acids is 2. The minimum absolute atomic E-state index is 0.00287. The summed E-state index contributed by atoms with van der Waals surface area (Å²) in [5, 5.41) is 7.02. The van der Waals surface area contributed by atoms with Crippen LogP contribution >= 0.6 is 0 Å². The van der Waals surface area contributed by atoms with E-state index in [1.165, 1.54) is 0 Å². The van der Waals surface area contributed by atoms with Crippen molar-refractivity contribution in [2.45, 2.75) is 38.8 Å². The van der Waals surface area contributed by atoms with Crippen molar-refractivity contribution in [2.24, 2.45) is 0 Å². The minimum atomic E-state index is -0.397. The number of rotatable bonds is 5. The molecule has 1 atom stereocenters. The monoisotopic (exact) mass is 326 g/mol. The molecule has 0 aliphatic carbocycles. The molecule has 1 N–H and O–H groups in total. The molecule has 1 unspecified atom stereocenters. The summed E-state index contributed by atoms with van der Waals surface area (Å²) in [7, 11) is 0. The van der Waals surface area contributed by atoms with Crippen molar-refractivity contribution in [3.63, 3.8) is 0 Å². The van der Waals surface area contributed by atoms with E-state index in [4.69, 9.17) is 0 Å². The molecule has 1 aliphatic rings. The average Bonchev–Trinajstić information content (AvgIpc) is 3.24. The maximum Gasteiger partial charge on any atom is 0.247 e. The molecular weight excluding hydrogens is 304 g/mol. The summed E-state index contributed by atoms with van der Waals surface area (Å²) in [5.41, 5.74) is 1.64. The number of likely N-dealkylation sites (tertiary alicyclic amines) is 1. The Bertz CT molecular complexity index is 711. The highest BCUT2D eigenvalue weighted by Crippen LogP contribution is 2.20. The van der Waals surface area contributed by atoms with E-state index in [0.717, 1.165) is 18.5 Å². The van der Waals surface area contributed by atoms with Gasteiger partial charge in [-0.05, 0) is 25.3 Å². The van der Waals surface area contributed by atoms with Crippen molar-refractivity contribution >= 4 is 17.5 Å². The number of nitrogens with one attached hydrogen (secondary N) is 1. The fourth-order valence-electron chi connectivity index (χ4n) is 3.04. The molecule has 1 aromatic heterocycles. The van der Waals surface area contributed by atoms with Crippen molar-refractivity contribution in [3.05, 3.63) is 48.3 Å².